The molecule has 0 unspecified atom stereocenters. The highest BCUT2D eigenvalue weighted by atomic mass is 79.9. The van der Waals surface area contributed by atoms with E-state index < -0.39 is 67.1 Å². The van der Waals surface area contributed by atoms with Crippen LogP contribution in [0.2, 0.25) is 0 Å². The summed E-state index contributed by atoms with van der Waals surface area (Å²) in [5.74, 6) is -0.989. The van der Waals surface area contributed by atoms with Crippen LogP contribution in [0.25, 0.3) is 0 Å². The summed E-state index contributed by atoms with van der Waals surface area (Å²) in [4.78, 5) is 23.4. The number of carbonyl (C=O) groups excluding carboxylic acids is 1. The number of nitrogens with zero attached hydrogens (tertiary/aromatic N) is 2. The van der Waals surface area contributed by atoms with Crippen molar-refractivity contribution < 1.29 is 47.9 Å². The highest BCUT2D eigenvalue weighted by Crippen LogP contribution is 2.35. The molecule has 0 saturated carbocycles. The molecule has 0 radical (unpaired) electrons. The lowest BCUT2D eigenvalue weighted by atomic mass is 9.82. The number of rotatable bonds is 7. The topological polar surface area (TPSA) is 198 Å². The van der Waals surface area contributed by atoms with E-state index in [1.165, 1.54) is 12.2 Å². The fraction of sp³-hybridized carbons (Fsp3) is 0.400. The van der Waals surface area contributed by atoms with Gasteiger partial charge in [0.05, 0.1) is 29.5 Å². The number of amides is 1. The van der Waals surface area contributed by atoms with E-state index in [1.54, 1.807) is 5.32 Å². The number of alkyl halides is 3. The number of hydrazone groups is 1. The largest absolute Gasteiger partial charge is 0.478 e. The molecule has 196 valence electrons. The van der Waals surface area contributed by atoms with Crippen LogP contribution in [-0.2, 0) is 14.3 Å². The van der Waals surface area contributed by atoms with Gasteiger partial charge in [-0.2, -0.15) is 23.5 Å². The Hall–Kier alpha value is -2.90. The fourth-order valence-corrected chi connectivity index (χ4v) is 3.98. The molecule has 0 aromatic heterocycles. The third kappa shape index (κ3) is 6.65. The number of nitrogens with two attached hydrogens (primary N) is 1. The number of hydrogen-bond acceptors (Lipinski definition) is 9. The number of nitriles is 1. The van der Waals surface area contributed by atoms with E-state index in [-0.39, 0.29) is 21.9 Å². The summed E-state index contributed by atoms with van der Waals surface area (Å²) in [7, 11) is 0. The number of carbonyl (C=O) groups is 2. The number of nitrogens with one attached hydrogen (secondary N) is 1. The third-order valence-electron chi connectivity index (χ3n) is 5.21. The SMILES string of the molecule is N#C/C(C[C@H]1C=C(C(=O)O)O[C@@H]([C@H](O)[C@H](O)CO)[C@@H]1NC(=O)C(F)(F)F)=C1\C=C(Br)C(Cl)=C\C1=N\N. The van der Waals surface area contributed by atoms with Gasteiger partial charge in [0.2, 0.25) is 5.76 Å². The van der Waals surface area contributed by atoms with Crippen molar-refractivity contribution in [3.8, 4) is 6.07 Å². The van der Waals surface area contributed by atoms with E-state index in [0.29, 0.717) is 4.48 Å². The van der Waals surface area contributed by atoms with Crippen LogP contribution in [0, 0.1) is 17.2 Å². The molecule has 16 heteroatoms. The zero-order valence-electron chi connectivity index (χ0n) is 17.9. The number of hydrogen-bond donors (Lipinski definition) is 6. The maximum atomic E-state index is 13.0. The Bertz CT molecular complexity index is 1110. The van der Waals surface area contributed by atoms with E-state index in [1.807, 2.05) is 6.07 Å². The van der Waals surface area contributed by atoms with E-state index in [0.717, 1.165) is 6.08 Å². The van der Waals surface area contributed by atoms with Gasteiger partial charge < -0.3 is 36.3 Å². The second-order valence-electron chi connectivity index (χ2n) is 7.53. The Labute approximate surface area is 214 Å². The lowest BCUT2D eigenvalue weighted by Gasteiger charge is -2.40. The quantitative estimate of drug-likeness (QED) is 0.138. The van der Waals surface area contributed by atoms with Crippen molar-refractivity contribution in [3.05, 3.63) is 44.6 Å². The lowest BCUT2D eigenvalue weighted by Crippen LogP contribution is -2.60. The molecule has 0 bridgehead atoms. The highest BCUT2D eigenvalue weighted by molar-refractivity contribution is 9.12. The molecule has 1 amide bonds. The number of allylic oxidation sites excluding steroid dienone is 6. The molecule has 0 spiro atoms. The standard InChI is InChI=1S/C20H19BrClF3N4O7/c21-10-3-9(12(29-27)4-11(10)22)8(5-26)1-7-2-14(18(33)34)36-17(16(32)13(31)6-30)15(7)28-19(35)20(23,24)25/h2-4,7,13,15-17,30-32H,1,6,27H2,(H,28,35)(H,33,34)/b9-8+,29-12-/t7-,13+,15+,16+,17+/m0/s1. The molecule has 0 aromatic carbocycles. The predicted molar refractivity (Wildman–Crippen MR) is 121 cm³/mol. The van der Waals surface area contributed by atoms with Gasteiger partial charge in [-0.3, -0.25) is 4.79 Å². The first-order chi connectivity index (χ1) is 16.7. The van der Waals surface area contributed by atoms with Crippen LogP contribution in [0.4, 0.5) is 13.2 Å². The minimum atomic E-state index is -5.37. The summed E-state index contributed by atoms with van der Waals surface area (Å²) in [5, 5.41) is 53.9. The predicted octanol–water partition coefficient (Wildman–Crippen LogP) is 0.671. The van der Waals surface area contributed by atoms with Crippen molar-refractivity contribution in [1.82, 2.24) is 5.32 Å². The Morgan fingerprint density at radius 3 is 2.50 bits per heavy atom. The number of carboxylic acids is 1. The molecule has 0 fully saturated rings. The van der Waals surface area contributed by atoms with Crippen molar-refractivity contribution in [3.63, 3.8) is 0 Å². The zero-order chi connectivity index (χ0) is 27.4. The van der Waals surface area contributed by atoms with Gasteiger partial charge in [-0.1, -0.05) is 11.6 Å². The molecular weight excluding hydrogens is 581 g/mol. The number of halogens is 5. The first-order valence-corrected chi connectivity index (χ1v) is 11.0. The molecule has 1 aliphatic heterocycles. The van der Waals surface area contributed by atoms with Gasteiger partial charge in [-0.25, -0.2) is 4.79 Å². The average Bonchev–Trinajstić information content (AvgIpc) is 2.82. The second kappa shape index (κ2) is 11.9. The van der Waals surface area contributed by atoms with Crippen LogP contribution in [0.3, 0.4) is 0 Å². The van der Waals surface area contributed by atoms with Crippen LogP contribution in [-0.4, -0.2) is 75.2 Å². The van der Waals surface area contributed by atoms with Crippen molar-refractivity contribution in [2.45, 2.75) is 37.0 Å². The van der Waals surface area contributed by atoms with Gasteiger partial charge in [0, 0.05) is 21.5 Å². The summed E-state index contributed by atoms with van der Waals surface area (Å²) in [6, 6.07) is 0.0366. The monoisotopic (exact) mass is 598 g/mol. The number of carboxylic acid groups (broad SMARTS) is 1. The van der Waals surface area contributed by atoms with E-state index in [4.69, 9.17) is 27.3 Å². The molecule has 11 nitrogen and oxygen atoms in total. The van der Waals surface area contributed by atoms with Crippen molar-refractivity contribution in [2.75, 3.05) is 6.61 Å². The molecule has 0 aromatic rings. The summed E-state index contributed by atoms with van der Waals surface area (Å²) in [6.07, 6.45) is -8.41. The third-order valence-corrected chi connectivity index (χ3v) is 6.40. The van der Waals surface area contributed by atoms with Gasteiger partial charge in [0.1, 0.15) is 18.3 Å². The molecule has 36 heavy (non-hydrogen) atoms. The molecule has 5 atom stereocenters. The van der Waals surface area contributed by atoms with Gasteiger partial charge in [-0.15, -0.1) is 0 Å². The average molecular weight is 600 g/mol. The Kier molecular flexibility index (Phi) is 9.69. The molecule has 2 aliphatic rings. The zero-order valence-corrected chi connectivity index (χ0v) is 20.3. The molecular formula is C20H19BrClF3N4O7. The number of ether oxygens (including phenoxy) is 1. The second-order valence-corrected chi connectivity index (χ2v) is 8.79. The lowest BCUT2D eigenvalue weighted by molar-refractivity contribution is -0.178. The minimum absolute atomic E-state index is 0.0254. The van der Waals surface area contributed by atoms with Crippen molar-refractivity contribution in [2.24, 2.45) is 16.9 Å². The summed E-state index contributed by atoms with van der Waals surface area (Å²) < 4.78 is 44.6. The Balaban J connectivity index is 2.65. The van der Waals surface area contributed by atoms with Crippen LogP contribution < -0.4 is 11.2 Å². The molecule has 1 heterocycles. The number of aliphatic hydroxyl groups is 3. The van der Waals surface area contributed by atoms with E-state index in [2.05, 4.69) is 21.0 Å². The first-order valence-electron chi connectivity index (χ1n) is 9.87. The van der Waals surface area contributed by atoms with Gasteiger partial charge in [0.25, 0.3) is 0 Å². The summed E-state index contributed by atoms with van der Waals surface area (Å²) in [6.45, 7) is -1.06. The smallest absolute Gasteiger partial charge is 0.471 e. The van der Waals surface area contributed by atoms with Crippen LogP contribution in [0.15, 0.2) is 49.7 Å². The number of aliphatic hydroxyl groups excluding tert-OH is 3. The normalized spacial score (nSPS) is 26.5. The van der Waals surface area contributed by atoms with E-state index in [9.17, 15) is 43.3 Å². The highest BCUT2D eigenvalue weighted by Gasteiger charge is 2.48. The van der Waals surface area contributed by atoms with Gasteiger partial charge >= 0.3 is 18.1 Å². The molecule has 2 rings (SSSR count). The Morgan fingerprint density at radius 2 is 2.00 bits per heavy atom. The maximum Gasteiger partial charge on any atom is 0.471 e. The van der Waals surface area contributed by atoms with Crippen molar-refractivity contribution in [1.29, 1.82) is 5.26 Å². The van der Waals surface area contributed by atoms with Crippen molar-refractivity contribution >= 4 is 45.1 Å². The van der Waals surface area contributed by atoms with Gasteiger partial charge in [0.15, 0.2) is 0 Å². The molecule has 1 aliphatic carbocycles. The van der Waals surface area contributed by atoms with Crippen LogP contribution >= 0.6 is 27.5 Å². The summed E-state index contributed by atoms with van der Waals surface area (Å²) >= 11 is 9.17. The minimum Gasteiger partial charge on any atom is -0.478 e. The van der Waals surface area contributed by atoms with Crippen LogP contribution in [0.5, 0.6) is 0 Å². The number of aliphatic carboxylic acids is 1. The van der Waals surface area contributed by atoms with Crippen LogP contribution in [0.1, 0.15) is 6.42 Å². The molecule has 7 N–H and O–H groups in total. The summed E-state index contributed by atoms with van der Waals surface area (Å²) in [5.41, 5.74) is -0.0227. The maximum absolute atomic E-state index is 13.0. The fourth-order valence-electron chi connectivity index (χ4n) is 3.48. The first kappa shape index (κ1) is 29.3. The Morgan fingerprint density at radius 1 is 1.36 bits per heavy atom. The van der Waals surface area contributed by atoms with E-state index >= 15 is 0 Å². The van der Waals surface area contributed by atoms with Gasteiger partial charge in [-0.05, 0) is 40.6 Å². The molecule has 0 saturated heterocycles.